The molecule has 0 spiro atoms. The Morgan fingerprint density at radius 2 is 1.50 bits per heavy atom. The van der Waals surface area contributed by atoms with Crippen LogP contribution in [0.1, 0.15) is 116 Å². The first kappa shape index (κ1) is 24.8. The van der Waals surface area contributed by atoms with Crippen LogP contribution in [0.4, 0.5) is 0 Å². The van der Waals surface area contributed by atoms with Gasteiger partial charge in [0.2, 0.25) is 0 Å². The number of rotatable bonds is 15. The molecule has 1 aliphatic heterocycles. The molecule has 1 aliphatic rings. The van der Waals surface area contributed by atoms with Crippen molar-refractivity contribution >= 4 is 5.84 Å². The minimum Gasteiger partial charge on any atom is -0.494 e. The Morgan fingerprint density at radius 1 is 0.867 bits per heavy atom. The molecule has 1 saturated heterocycles. The molecule has 1 aromatic rings. The van der Waals surface area contributed by atoms with E-state index in [1.807, 2.05) is 0 Å². The van der Waals surface area contributed by atoms with Crippen molar-refractivity contribution in [3.8, 4) is 5.75 Å². The topological polar surface area (TPSA) is 24.8 Å². The van der Waals surface area contributed by atoms with Crippen LogP contribution in [-0.2, 0) is 0 Å². The van der Waals surface area contributed by atoms with Crippen LogP contribution in [-0.4, -0.2) is 30.4 Å². The van der Waals surface area contributed by atoms with E-state index in [1.54, 1.807) is 0 Å². The van der Waals surface area contributed by atoms with Crippen LogP contribution < -0.4 is 4.74 Å². The van der Waals surface area contributed by atoms with Gasteiger partial charge in [-0.1, -0.05) is 76.8 Å². The molecule has 170 valence electrons. The van der Waals surface area contributed by atoms with Crippen LogP contribution in [0.25, 0.3) is 0 Å². The fraction of sp³-hybridized carbons (Fsp3) is 0.741. The van der Waals surface area contributed by atoms with E-state index < -0.39 is 0 Å². The van der Waals surface area contributed by atoms with Crippen molar-refractivity contribution in [3.05, 3.63) is 29.8 Å². The lowest BCUT2D eigenvalue weighted by Gasteiger charge is -2.30. The SMILES string of the molecule is CCCCCCCCCCCCOc1ccc(C(C)N=C2CCCCN2CC)cc1. The summed E-state index contributed by atoms with van der Waals surface area (Å²) in [6, 6.07) is 8.80. The van der Waals surface area contributed by atoms with Gasteiger partial charge in [-0.25, -0.2) is 0 Å². The van der Waals surface area contributed by atoms with E-state index in [1.165, 1.54) is 82.0 Å². The summed E-state index contributed by atoms with van der Waals surface area (Å²) >= 11 is 0. The van der Waals surface area contributed by atoms with Gasteiger partial charge >= 0.3 is 0 Å². The number of aliphatic imine (C=N–C) groups is 1. The maximum Gasteiger partial charge on any atom is 0.119 e. The molecule has 3 heteroatoms. The Balaban J connectivity index is 1.60. The van der Waals surface area contributed by atoms with Crippen LogP contribution in [0.2, 0.25) is 0 Å². The lowest BCUT2D eigenvalue weighted by molar-refractivity contribution is 0.304. The number of hydrogen-bond acceptors (Lipinski definition) is 2. The van der Waals surface area contributed by atoms with Crippen LogP contribution in [0, 0.1) is 0 Å². The third kappa shape index (κ3) is 9.53. The summed E-state index contributed by atoms with van der Waals surface area (Å²) in [7, 11) is 0. The molecule has 1 aromatic carbocycles. The number of ether oxygens (including phenoxy) is 1. The highest BCUT2D eigenvalue weighted by molar-refractivity contribution is 5.83. The third-order valence-electron chi connectivity index (χ3n) is 6.30. The second-order valence-electron chi connectivity index (χ2n) is 8.86. The fourth-order valence-electron chi connectivity index (χ4n) is 4.28. The Bertz CT molecular complexity index is 581. The average molecular weight is 415 g/mol. The summed E-state index contributed by atoms with van der Waals surface area (Å²) in [6.45, 7) is 9.77. The highest BCUT2D eigenvalue weighted by atomic mass is 16.5. The summed E-state index contributed by atoms with van der Waals surface area (Å²) in [5.74, 6) is 2.28. The minimum absolute atomic E-state index is 0.211. The van der Waals surface area contributed by atoms with Gasteiger partial charge in [0.15, 0.2) is 0 Å². The van der Waals surface area contributed by atoms with Crippen LogP contribution in [0.15, 0.2) is 29.3 Å². The van der Waals surface area contributed by atoms with Crippen molar-refractivity contribution in [2.75, 3.05) is 19.7 Å². The van der Waals surface area contributed by atoms with Crippen LogP contribution in [0.5, 0.6) is 5.75 Å². The molecule has 0 amide bonds. The number of unbranched alkanes of at least 4 members (excludes halogenated alkanes) is 9. The van der Waals surface area contributed by atoms with Gasteiger partial charge in [0, 0.05) is 19.5 Å². The van der Waals surface area contributed by atoms with E-state index in [-0.39, 0.29) is 6.04 Å². The standard InChI is InChI=1S/C27H46N2O/c1-4-6-7-8-9-10-11-12-13-16-23-30-26-20-18-25(19-21-26)24(3)28-27-17-14-15-22-29(27)5-2/h18-21,24H,4-17,22-23H2,1-3H3. The molecule has 0 N–H and O–H groups in total. The van der Waals surface area contributed by atoms with E-state index in [0.717, 1.165) is 38.3 Å². The van der Waals surface area contributed by atoms with Gasteiger partial charge in [0.05, 0.1) is 18.5 Å². The molecule has 0 bridgehead atoms. The predicted octanol–water partition coefficient (Wildman–Crippen LogP) is 7.95. The second kappa shape index (κ2) is 15.3. The number of likely N-dealkylation sites (tertiary alicyclic amines) is 1. The summed E-state index contributed by atoms with van der Waals surface area (Å²) in [5.41, 5.74) is 1.27. The highest BCUT2D eigenvalue weighted by Crippen LogP contribution is 2.23. The zero-order chi connectivity index (χ0) is 21.4. The molecule has 1 unspecified atom stereocenters. The lowest BCUT2D eigenvalue weighted by atomic mass is 10.1. The quantitative estimate of drug-likeness (QED) is 0.272. The Hall–Kier alpha value is -1.51. The highest BCUT2D eigenvalue weighted by Gasteiger charge is 2.16. The predicted molar refractivity (Wildman–Crippen MR) is 131 cm³/mol. The zero-order valence-electron chi connectivity index (χ0n) is 20.0. The molecule has 0 aliphatic carbocycles. The maximum atomic E-state index is 5.95. The zero-order valence-corrected chi connectivity index (χ0v) is 20.0. The van der Waals surface area contributed by atoms with Crippen molar-refractivity contribution in [3.63, 3.8) is 0 Å². The molecule has 1 atom stereocenters. The molecule has 30 heavy (non-hydrogen) atoms. The van der Waals surface area contributed by atoms with Crippen molar-refractivity contribution in [1.82, 2.24) is 4.90 Å². The average Bonchev–Trinajstić information content (AvgIpc) is 2.78. The largest absolute Gasteiger partial charge is 0.494 e. The van der Waals surface area contributed by atoms with Crippen molar-refractivity contribution in [1.29, 1.82) is 0 Å². The molecule has 1 heterocycles. The van der Waals surface area contributed by atoms with Gasteiger partial charge in [-0.15, -0.1) is 0 Å². The van der Waals surface area contributed by atoms with Gasteiger partial charge in [-0.05, 0) is 50.8 Å². The first-order valence-electron chi connectivity index (χ1n) is 12.8. The lowest BCUT2D eigenvalue weighted by Crippen LogP contribution is -2.35. The van der Waals surface area contributed by atoms with E-state index >= 15 is 0 Å². The number of nitrogens with zero attached hydrogens (tertiary/aromatic N) is 2. The Morgan fingerprint density at radius 3 is 2.13 bits per heavy atom. The second-order valence-corrected chi connectivity index (χ2v) is 8.86. The number of hydrogen-bond donors (Lipinski definition) is 0. The van der Waals surface area contributed by atoms with E-state index in [9.17, 15) is 0 Å². The summed E-state index contributed by atoms with van der Waals surface area (Å²) in [4.78, 5) is 7.46. The summed E-state index contributed by atoms with van der Waals surface area (Å²) in [6.07, 6.45) is 17.3. The van der Waals surface area contributed by atoms with E-state index in [4.69, 9.17) is 9.73 Å². The van der Waals surface area contributed by atoms with Crippen LogP contribution in [0.3, 0.4) is 0 Å². The van der Waals surface area contributed by atoms with E-state index in [0.29, 0.717) is 0 Å². The number of amidine groups is 1. The van der Waals surface area contributed by atoms with Crippen molar-refractivity contribution in [2.45, 2.75) is 110 Å². The monoisotopic (exact) mass is 414 g/mol. The molecule has 0 saturated carbocycles. The molecular formula is C27H46N2O. The van der Waals surface area contributed by atoms with Gasteiger partial charge in [0.25, 0.3) is 0 Å². The first-order valence-corrected chi connectivity index (χ1v) is 12.8. The van der Waals surface area contributed by atoms with Gasteiger partial charge in [0.1, 0.15) is 5.75 Å². The fourth-order valence-corrected chi connectivity index (χ4v) is 4.28. The molecule has 0 aromatic heterocycles. The van der Waals surface area contributed by atoms with Crippen molar-refractivity contribution < 1.29 is 4.74 Å². The third-order valence-corrected chi connectivity index (χ3v) is 6.30. The van der Waals surface area contributed by atoms with Gasteiger partial charge < -0.3 is 9.64 Å². The summed E-state index contributed by atoms with van der Waals surface area (Å²) in [5, 5.41) is 0. The molecule has 3 nitrogen and oxygen atoms in total. The molecule has 0 radical (unpaired) electrons. The normalized spacial score (nSPS) is 16.8. The van der Waals surface area contributed by atoms with Crippen molar-refractivity contribution in [2.24, 2.45) is 4.99 Å². The Labute approximate surface area is 186 Å². The summed E-state index contributed by atoms with van der Waals surface area (Å²) < 4.78 is 5.95. The maximum absolute atomic E-state index is 5.95. The first-order chi connectivity index (χ1) is 14.7. The Kier molecular flexibility index (Phi) is 12.6. The van der Waals surface area contributed by atoms with E-state index in [2.05, 4.69) is 49.9 Å². The number of piperidine rings is 1. The van der Waals surface area contributed by atoms with Gasteiger partial charge in [-0.3, -0.25) is 4.99 Å². The molecule has 1 fully saturated rings. The minimum atomic E-state index is 0.211. The van der Waals surface area contributed by atoms with Gasteiger partial charge in [-0.2, -0.15) is 0 Å². The smallest absolute Gasteiger partial charge is 0.119 e. The number of benzene rings is 1. The molecule has 2 rings (SSSR count). The molecular weight excluding hydrogens is 368 g/mol. The van der Waals surface area contributed by atoms with Crippen LogP contribution >= 0.6 is 0 Å².